The molecule has 0 saturated heterocycles. The van der Waals surface area contributed by atoms with Gasteiger partial charge >= 0.3 is 0 Å². The van der Waals surface area contributed by atoms with E-state index >= 15 is 0 Å². The average molecular weight is 421 g/mol. The van der Waals surface area contributed by atoms with Crippen LogP contribution in [0, 0.1) is 0 Å². The van der Waals surface area contributed by atoms with Gasteiger partial charge in [0.05, 0.1) is 22.0 Å². The van der Waals surface area contributed by atoms with Crippen LogP contribution in [0.4, 0.5) is 5.69 Å². The highest BCUT2D eigenvalue weighted by Gasteiger charge is 2.18. The van der Waals surface area contributed by atoms with Crippen molar-refractivity contribution in [2.45, 2.75) is 22.9 Å². The van der Waals surface area contributed by atoms with Crippen LogP contribution < -0.4 is 10.5 Å². The molecule has 0 saturated carbocycles. The van der Waals surface area contributed by atoms with E-state index in [-0.39, 0.29) is 9.79 Å². The number of aromatic nitrogens is 2. The van der Waals surface area contributed by atoms with Gasteiger partial charge in [0.15, 0.2) is 9.84 Å². The van der Waals surface area contributed by atoms with Crippen LogP contribution in [-0.2, 0) is 33.0 Å². The Morgan fingerprint density at radius 2 is 1.71 bits per heavy atom. The minimum Gasteiger partial charge on any atom is -0.380 e. The molecule has 0 amide bonds. The minimum absolute atomic E-state index is 0.116. The summed E-state index contributed by atoms with van der Waals surface area (Å²) in [6.45, 7) is 1.03. The molecule has 10 heteroatoms. The zero-order valence-corrected chi connectivity index (χ0v) is 16.7. The number of sulfone groups is 1. The highest BCUT2D eigenvalue weighted by Crippen LogP contribution is 2.25. The van der Waals surface area contributed by atoms with E-state index in [4.69, 9.17) is 5.14 Å². The molecular formula is C18H20N4O4S2. The van der Waals surface area contributed by atoms with Crippen molar-refractivity contribution < 1.29 is 16.8 Å². The first-order chi connectivity index (χ1) is 13.1. The highest BCUT2D eigenvalue weighted by molar-refractivity contribution is 7.91. The maximum Gasteiger partial charge on any atom is 0.238 e. The molecule has 0 spiro atoms. The van der Waals surface area contributed by atoms with E-state index < -0.39 is 19.9 Å². The van der Waals surface area contributed by atoms with E-state index in [9.17, 15) is 16.8 Å². The van der Waals surface area contributed by atoms with Crippen LogP contribution in [0.15, 0.2) is 70.7 Å². The molecule has 8 nitrogen and oxygen atoms in total. The monoisotopic (exact) mass is 420 g/mol. The molecule has 0 unspecified atom stereocenters. The third kappa shape index (κ3) is 4.97. The molecule has 1 aromatic heterocycles. The molecule has 0 fully saturated rings. The predicted molar refractivity (Wildman–Crippen MR) is 106 cm³/mol. The Morgan fingerprint density at radius 1 is 1.04 bits per heavy atom. The third-order valence-electron chi connectivity index (χ3n) is 4.09. The molecule has 3 rings (SSSR count). The number of hydrogen-bond donors (Lipinski definition) is 2. The Labute approximate surface area is 164 Å². The Kier molecular flexibility index (Phi) is 5.54. The summed E-state index contributed by atoms with van der Waals surface area (Å²) in [6, 6.07) is 13.4. The summed E-state index contributed by atoms with van der Waals surface area (Å²) in [6.07, 6.45) is 4.62. The van der Waals surface area contributed by atoms with Crippen molar-refractivity contribution in [3.8, 4) is 0 Å². The van der Waals surface area contributed by atoms with Crippen molar-refractivity contribution in [1.82, 2.24) is 9.78 Å². The lowest BCUT2D eigenvalue weighted by molar-refractivity contribution is 0.597. The Morgan fingerprint density at radius 3 is 2.29 bits per heavy atom. The van der Waals surface area contributed by atoms with E-state index in [1.807, 2.05) is 41.2 Å². The maximum absolute atomic E-state index is 12.1. The van der Waals surface area contributed by atoms with E-state index in [1.165, 1.54) is 12.1 Å². The lowest BCUT2D eigenvalue weighted by atomic mass is 10.1. The van der Waals surface area contributed by atoms with Crippen LogP contribution >= 0.6 is 0 Å². The third-order valence-corrected chi connectivity index (χ3v) is 6.14. The fourth-order valence-corrected chi connectivity index (χ4v) is 4.17. The summed E-state index contributed by atoms with van der Waals surface area (Å²) in [5, 5.41) is 12.3. The number of nitrogens with zero attached hydrogens (tertiary/aromatic N) is 2. The molecule has 0 aliphatic heterocycles. The second kappa shape index (κ2) is 7.74. The summed E-state index contributed by atoms with van der Waals surface area (Å²) in [4.78, 5) is -0.365. The van der Waals surface area contributed by atoms with Crippen molar-refractivity contribution in [2.24, 2.45) is 5.14 Å². The fourth-order valence-electron chi connectivity index (χ4n) is 2.67. The first-order valence-electron chi connectivity index (χ1n) is 8.29. The molecule has 3 aromatic rings. The first-order valence-corrected chi connectivity index (χ1v) is 11.7. The highest BCUT2D eigenvalue weighted by atomic mass is 32.2. The van der Waals surface area contributed by atoms with Gasteiger partial charge in [-0.25, -0.2) is 22.0 Å². The maximum atomic E-state index is 12.1. The second-order valence-corrected chi connectivity index (χ2v) is 9.89. The van der Waals surface area contributed by atoms with Crippen molar-refractivity contribution in [2.75, 3.05) is 11.6 Å². The van der Waals surface area contributed by atoms with Gasteiger partial charge in [0.1, 0.15) is 0 Å². The Hall–Kier alpha value is -2.69. The van der Waals surface area contributed by atoms with Crippen LogP contribution in [0.3, 0.4) is 0 Å². The van der Waals surface area contributed by atoms with Gasteiger partial charge < -0.3 is 5.32 Å². The molecule has 3 N–H and O–H groups in total. The van der Waals surface area contributed by atoms with Crippen LogP contribution in [0.25, 0.3) is 0 Å². The molecule has 0 aliphatic rings. The van der Waals surface area contributed by atoms with Gasteiger partial charge in [0.25, 0.3) is 0 Å². The van der Waals surface area contributed by atoms with Crippen molar-refractivity contribution in [3.05, 3.63) is 72.1 Å². The number of nitrogens with two attached hydrogens (primary N) is 1. The lowest BCUT2D eigenvalue weighted by Gasteiger charge is -2.13. The van der Waals surface area contributed by atoms with E-state index in [0.717, 1.165) is 23.4 Å². The van der Waals surface area contributed by atoms with Crippen molar-refractivity contribution in [1.29, 1.82) is 0 Å². The molecule has 0 atom stereocenters. The van der Waals surface area contributed by atoms with Crippen LogP contribution in [-0.4, -0.2) is 32.9 Å². The van der Waals surface area contributed by atoms with Crippen LogP contribution in [0.1, 0.15) is 11.1 Å². The Balaban J connectivity index is 1.77. The van der Waals surface area contributed by atoms with Gasteiger partial charge in [-0.05, 0) is 35.4 Å². The smallest absolute Gasteiger partial charge is 0.238 e. The zero-order valence-electron chi connectivity index (χ0n) is 15.1. The fraction of sp³-hybridized carbons (Fsp3) is 0.167. The quantitative estimate of drug-likeness (QED) is 0.598. The van der Waals surface area contributed by atoms with Crippen LogP contribution in [0.5, 0.6) is 0 Å². The zero-order chi connectivity index (χ0) is 20.4. The molecule has 1 heterocycles. The van der Waals surface area contributed by atoms with Gasteiger partial charge in [0.2, 0.25) is 10.0 Å². The lowest BCUT2D eigenvalue weighted by Crippen LogP contribution is -2.14. The van der Waals surface area contributed by atoms with E-state index in [2.05, 4.69) is 10.4 Å². The minimum atomic E-state index is -4.00. The first kappa shape index (κ1) is 20.1. The SMILES string of the molecule is CS(=O)(=O)c1cc(S(N)(=O)=O)ccc1NCc1ccc(Cn2cccn2)cc1. The van der Waals surface area contributed by atoms with Gasteiger partial charge in [-0.3, -0.25) is 4.68 Å². The Bertz CT molecular complexity index is 1170. The number of sulfonamides is 1. The van der Waals surface area contributed by atoms with Gasteiger partial charge in [0, 0.05) is 25.2 Å². The summed E-state index contributed by atoms with van der Waals surface area (Å²) in [5.74, 6) is 0. The molecule has 28 heavy (non-hydrogen) atoms. The molecule has 0 bridgehead atoms. The molecular weight excluding hydrogens is 400 g/mol. The van der Waals surface area contributed by atoms with Crippen molar-refractivity contribution in [3.63, 3.8) is 0 Å². The van der Waals surface area contributed by atoms with Gasteiger partial charge in [-0.15, -0.1) is 0 Å². The summed E-state index contributed by atoms with van der Waals surface area (Å²) in [7, 11) is -7.64. The number of benzene rings is 2. The number of hydrogen-bond acceptors (Lipinski definition) is 6. The summed E-state index contributed by atoms with van der Waals surface area (Å²) < 4.78 is 48.9. The number of rotatable bonds is 7. The largest absolute Gasteiger partial charge is 0.380 e. The molecule has 0 radical (unpaired) electrons. The molecule has 148 valence electrons. The topological polar surface area (TPSA) is 124 Å². The number of nitrogens with one attached hydrogen (secondary N) is 1. The number of primary sulfonamides is 1. The average Bonchev–Trinajstić information content (AvgIpc) is 3.12. The number of anilines is 1. The van der Waals surface area contributed by atoms with Gasteiger partial charge in [-0.2, -0.15) is 5.10 Å². The standard InChI is InChI=1S/C18H20N4O4S2/c1-27(23,24)18-11-16(28(19,25)26)7-8-17(18)20-12-14-3-5-15(6-4-14)13-22-10-2-9-21-22/h2-11,20H,12-13H2,1H3,(H2,19,25,26). The van der Waals surface area contributed by atoms with Crippen LogP contribution in [0.2, 0.25) is 0 Å². The molecule has 0 aliphatic carbocycles. The predicted octanol–water partition coefficient (Wildman–Crippen LogP) is 1.59. The normalized spacial score (nSPS) is 12.1. The van der Waals surface area contributed by atoms with Gasteiger partial charge in [-0.1, -0.05) is 24.3 Å². The summed E-state index contributed by atoms with van der Waals surface area (Å²) >= 11 is 0. The second-order valence-electron chi connectivity index (χ2n) is 6.35. The summed E-state index contributed by atoms with van der Waals surface area (Å²) in [5.41, 5.74) is 2.34. The molecule has 2 aromatic carbocycles. The van der Waals surface area contributed by atoms with E-state index in [0.29, 0.717) is 18.8 Å². The van der Waals surface area contributed by atoms with E-state index in [1.54, 1.807) is 6.20 Å². The van der Waals surface area contributed by atoms with Crippen molar-refractivity contribution >= 4 is 25.5 Å².